The number of benzene rings is 2. The van der Waals surface area contributed by atoms with Crippen LogP contribution in [0.15, 0.2) is 46.9 Å². The highest BCUT2D eigenvalue weighted by atomic mass is 79.9. The van der Waals surface area contributed by atoms with E-state index in [1.807, 2.05) is 6.07 Å². The SMILES string of the molecule is N#Cc1cccc(C(=O)Oc2ccc(Br)cc2Cl)c1. The van der Waals surface area contributed by atoms with Gasteiger partial charge in [-0.1, -0.05) is 33.6 Å². The number of esters is 1. The van der Waals surface area contributed by atoms with Crippen LogP contribution < -0.4 is 4.74 Å². The number of nitrogens with zero attached hydrogens (tertiary/aromatic N) is 1. The maximum atomic E-state index is 11.9. The molecule has 0 spiro atoms. The molecular weight excluding hydrogens is 330 g/mol. The molecule has 0 N–H and O–H groups in total. The van der Waals surface area contributed by atoms with Gasteiger partial charge in [-0.25, -0.2) is 4.79 Å². The summed E-state index contributed by atoms with van der Waals surface area (Å²) in [5.74, 6) is -0.279. The molecule has 0 saturated carbocycles. The van der Waals surface area contributed by atoms with Crippen molar-refractivity contribution in [1.82, 2.24) is 0 Å². The molecule has 19 heavy (non-hydrogen) atoms. The van der Waals surface area contributed by atoms with Crippen LogP contribution in [-0.2, 0) is 0 Å². The Balaban J connectivity index is 2.23. The van der Waals surface area contributed by atoms with Crippen molar-refractivity contribution in [3.8, 4) is 11.8 Å². The first-order valence-corrected chi connectivity index (χ1v) is 6.44. The molecule has 0 aliphatic heterocycles. The van der Waals surface area contributed by atoms with E-state index in [9.17, 15) is 4.79 Å². The summed E-state index contributed by atoms with van der Waals surface area (Å²) in [6, 6.07) is 13.2. The molecule has 2 rings (SSSR count). The number of hydrogen-bond donors (Lipinski definition) is 0. The second kappa shape index (κ2) is 5.87. The summed E-state index contributed by atoms with van der Waals surface area (Å²) in [5.41, 5.74) is 0.703. The number of hydrogen-bond acceptors (Lipinski definition) is 3. The minimum absolute atomic E-state index is 0.275. The fraction of sp³-hybridized carbons (Fsp3) is 0. The van der Waals surface area contributed by atoms with E-state index in [0.717, 1.165) is 4.47 Å². The Morgan fingerprint density at radius 3 is 2.74 bits per heavy atom. The molecule has 0 heterocycles. The highest BCUT2D eigenvalue weighted by Gasteiger charge is 2.11. The first kappa shape index (κ1) is 13.6. The van der Waals surface area contributed by atoms with E-state index in [0.29, 0.717) is 16.1 Å². The van der Waals surface area contributed by atoms with Crippen molar-refractivity contribution in [3.05, 3.63) is 63.1 Å². The highest BCUT2D eigenvalue weighted by molar-refractivity contribution is 9.10. The van der Waals surface area contributed by atoms with Gasteiger partial charge in [-0.3, -0.25) is 0 Å². The number of nitriles is 1. The van der Waals surface area contributed by atoms with Crippen LogP contribution in [0.3, 0.4) is 0 Å². The fourth-order valence-electron chi connectivity index (χ4n) is 1.43. The third kappa shape index (κ3) is 3.34. The Labute approximate surface area is 123 Å². The minimum atomic E-state index is -0.554. The average Bonchev–Trinajstić information content (AvgIpc) is 2.42. The van der Waals surface area contributed by atoms with E-state index in [2.05, 4.69) is 15.9 Å². The number of halogens is 2. The molecule has 0 bridgehead atoms. The first-order chi connectivity index (χ1) is 9.10. The quantitative estimate of drug-likeness (QED) is 0.610. The van der Waals surface area contributed by atoms with Gasteiger partial charge >= 0.3 is 5.97 Å². The van der Waals surface area contributed by atoms with E-state index in [1.54, 1.807) is 36.4 Å². The molecule has 0 aliphatic rings. The summed E-state index contributed by atoms with van der Waals surface area (Å²) in [4.78, 5) is 11.9. The molecule has 0 radical (unpaired) electrons. The lowest BCUT2D eigenvalue weighted by Crippen LogP contribution is -2.08. The van der Waals surface area contributed by atoms with Crippen LogP contribution in [0.25, 0.3) is 0 Å². The largest absolute Gasteiger partial charge is 0.421 e. The predicted molar refractivity (Wildman–Crippen MR) is 75.3 cm³/mol. The number of ether oxygens (including phenoxy) is 1. The van der Waals surface area contributed by atoms with Gasteiger partial charge in [0.05, 0.1) is 22.2 Å². The highest BCUT2D eigenvalue weighted by Crippen LogP contribution is 2.28. The monoisotopic (exact) mass is 335 g/mol. The number of carbonyl (C=O) groups is 1. The van der Waals surface area contributed by atoms with Crippen LogP contribution >= 0.6 is 27.5 Å². The van der Waals surface area contributed by atoms with Gasteiger partial charge in [-0.05, 0) is 36.4 Å². The van der Waals surface area contributed by atoms with Gasteiger partial charge in [0.25, 0.3) is 0 Å². The Kier molecular flexibility index (Phi) is 4.20. The van der Waals surface area contributed by atoms with Gasteiger partial charge in [-0.15, -0.1) is 0 Å². The van der Waals surface area contributed by atoms with Gasteiger partial charge < -0.3 is 4.74 Å². The molecule has 0 amide bonds. The van der Waals surface area contributed by atoms with E-state index >= 15 is 0 Å². The molecule has 0 aromatic heterocycles. The van der Waals surface area contributed by atoms with Gasteiger partial charge in [0, 0.05) is 4.47 Å². The fourth-order valence-corrected chi connectivity index (χ4v) is 2.14. The Hall–Kier alpha value is -1.83. The smallest absolute Gasteiger partial charge is 0.343 e. The van der Waals surface area contributed by atoms with Crippen molar-refractivity contribution < 1.29 is 9.53 Å². The summed E-state index contributed by atoms with van der Waals surface area (Å²) in [6.45, 7) is 0. The Morgan fingerprint density at radius 1 is 1.26 bits per heavy atom. The molecule has 0 atom stereocenters. The van der Waals surface area contributed by atoms with Gasteiger partial charge in [0.2, 0.25) is 0 Å². The zero-order valence-corrected chi connectivity index (χ0v) is 11.9. The van der Waals surface area contributed by atoms with E-state index < -0.39 is 5.97 Å². The molecule has 0 unspecified atom stereocenters. The zero-order chi connectivity index (χ0) is 13.8. The summed E-state index contributed by atoms with van der Waals surface area (Å²) >= 11 is 9.23. The molecule has 2 aromatic carbocycles. The maximum absolute atomic E-state index is 11.9. The van der Waals surface area contributed by atoms with Crippen LogP contribution in [0, 0.1) is 11.3 Å². The van der Waals surface area contributed by atoms with Crippen molar-refractivity contribution in [2.45, 2.75) is 0 Å². The second-order valence-electron chi connectivity index (χ2n) is 3.66. The lowest BCUT2D eigenvalue weighted by Gasteiger charge is -2.06. The molecule has 0 aliphatic carbocycles. The Morgan fingerprint density at radius 2 is 2.05 bits per heavy atom. The van der Waals surface area contributed by atoms with E-state index in [1.165, 1.54) is 6.07 Å². The third-order valence-electron chi connectivity index (χ3n) is 2.32. The lowest BCUT2D eigenvalue weighted by atomic mass is 10.1. The number of carbonyl (C=O) groups excluding carboxylic acids is 1. The van der Waals surface area contributed by atoms with Gasteiger partial charge in [0.15, 0.2) is 0 Å². The van der Waals surface area contributed by atoms with Gasteiger partial charge in [0.1, 0.15) is 5.75 Å². The normalized spacial score (nSPS) is 9.74. The lowest BCUT2D eigenvalue weighted by molar-refractivity contribution is 0.0735. The second-order valence-corrected chi connectivity index (χ2v) is 4.98. The van der Waals surface area contributed by atoms with Crippen LogP contribution in [0.1, 0.15) is 15.9 Å². The molecule has 94 valence electrons. The molecule has 0 fully saturated rings. The standard InChI is InChI=1S/C14H7BrClNO2/c15-11-4-5-13(12(16)7-11)19-14(18)10-3-1-2-9(6-10)8-17/h1-7H. The topological polar surface area (TPSA) is 50.1 Å². The summed E-state index contributed by atoms with van der Waals surface area (Å²) in [7, 11) is 0. The van der Waals surface area contributed by atoms with Crippen molar-refractivity contribution in [2.75, 3.05) is 0 Å². The van der Waals surface area contributed by atoms with E-state index in [-0.39, 0.29) is 5.75 Å². The Bertz CT molecular complexity index is 679. The molecule has 0 saturated heterocycles. The van der Waals surface area contributed by atoms with Crippen molar-refractivity contribution in [3.63, 3.8) is 0 Å². The number of rotatable bonds is 2. The van der Waals surface area contributed by atoms with E-state index in [4.69, 9.17) is 21.6 Å². The molecular formula is C14H7BrClNO2. The predicted octanol–water partition coefficient (Wildman–Crippen LogP) is 4.19. The summed E-state index contributed by atoms with van der Waals surface area (Å²) in [6.07, 6.45) is 0. The van der Waals surface area contributed by atoms with Gasteiger partial charge in [-0.2, -0.15) is 5.26 Å². The first-order valence-electron chi connectivity index (χ1n) is 5.27. The van der Waals surface area contributed by atoms with Crippen LogP contribution in [0.2, 0.25) is 5.02 Å². The van der Waals surface area contributed by atoms with Crippen LogP contribution in [-0.4, -0.2) is 5.97 Å². The minimum Gasteiger partial charge on any atom is -0.421 e. The molecule has 5 heteroatoms. The maximum Gasteiger partial charge on any atom is 0.343 e. The van der Waals surface area contributed by atoms with Crippen LogP contribution in [0.5, 0.6) is 5.75 Å². The van der Waals surface area contributed by atoms with Crippen molar-refractivity contribution in [1.29, 1.82) is 5.26 Å². The van der Waals surface area contributed by atoms with Crippen molar-refractivity contribution in [2.24, 2.45) is 0 Å². The third-order valence-corrected chi connectivity index (χ3v) is 3.11. The summed E-state index contributed by atoms with van der Waals surface area (Å²) < 4.78 is 5.98. The van der Waals surface area contributed by atoms with Crippen molar-refractivity contribution >= 4 is 33.5 Å². The molecule has 2 aromatic rings. The average molecular weight is 337 g/mol. The summed E-state index contributed by atoms with van der Waals surface area (Å²) in [5, 5.41) is 9.11. The van der Waals surface area contributed by atoms with Crippen LogP contribution in [0.4, 0.5) is 0 Å². The zero-order valence-electron chi connectivity index (χ0n) is 9.56. The molecule has 3 nitrogen and oxygen atoms in total.